The van der Waals surface area contributed by atoms with E-state index in [1.807, 2.05) is 7.05 Å². The lowest BCUT2D eigenvalue weighted by atomic mass is 9.85. The highest BCUT2D eigenvalue weighted by molar-refractivity contribution is 7.18. The van der Waals surface area contributed by atoms with E-state index < -0.39 is 0 Å². The second kappa shape index (κ2) is 5.81. The molecule has 1 saturated heterocycles. The van der Waals surface area contributed by atoms with Crippen LogP contribution in [-0.4, -0.2) is 48.5 Å². The maximum Gasteiger partial charge on any atom is 0.267 e. The van der Waals surface area contributed by atoms with Crippen molar-refractivity contribution >= 4 is 28.2 Å². The largest absolute Gasteiger partial charge is 0.382 e. The highest BCUT2D eigenvalue weighted by Crippen LogP contribution is 2.32. The number of nitrogen functional groups attached to an aromatic ring is 1. The maximum atomic E-state index is 12.5. The van der Waals surface area contributed by atoms with Crippen LogP contribution in [0.25, 0.3) is 0 Å². The van der Waals surface area contributed by atoms with E-state index in [4.69, 9.17) is 11.5 Å². The van der Waals surface area contributed by atoms with E-state index in [9.17, 15) is 4.79 Å². The highest BCUT2D eigenvalue weighted by Gasteiger charge is 2.27. The molecule has 1 amide bonds. The van der Waals surface area contributed by atoms with Crippen LogP contribution < -0.4 is 16.4 Å². The third kappa shape index (κ3) is 2.98. The standard InChI is InChI=1S/C14H23N5OS/c1-18(7-9-3-2-4-9)13(20)11-12(16)17-14(21-11)19-6-5-10(15)8-19/h9-10H,2-8,15-16H2,1H3. The molecule has 0 radical (unpaired) electrons. The molecular weight excluding hydrogens is 286 g/mol. The lowest BCUT2D eigenvalue weighted by molar-refractivity contribution is 0.0751. The SMILES string of the molecule is CN(CC1CCC1)C(=O)c1sc(N2CCC(N)C2)nc1N. The third-order valence-corrected chi connectivity index (χ3v) is 5.55. The lowest BCUT2D eigenvalue weighted by Crippen LogP contribution is -2.34. The van der Waals surface area contributed by atoms with Crippen LogP contribution in [0.1, 0.15) is 35.4 Å². The van der Waals surface area contributed by atoms with E-state index in [2.05, 4.69) is 9.88 Å². The van der Waals surface area contributed by atoms with Crippen LogP contribution in [0.2, 0.25) is 0 Å². The quantitative estimate of drug-likeness (QED) is 0.870. The lowest BCUT2D eigenvalue weighted by Gasteiger charge is -2.29. The molecule has 116 valence electrons. The number of nitrogens with zero attached hydrogens (tertiary/aromatic N) is 3. The molecule has 3 rings (SSSR count). The molecule has 6 nitrogen and oxygen atoms in total. The van der Waals surface area contributed by atoms with Gasteiger partial charge in [-0.25, -0.2) is 4.98 Å². The summed E-state index contributed by atoms with van der Waals surface area (Å²) in [5, 5.41) is 0.820. The Hall–Kier alpha value is -1.34. The van der Waals surface area contributed by atoms with Gasteiger partial charge in [-0.2, -0.15) is 0 Å². The molecule has 2 fully saturated rings. The molecule has 0 aromatic carbocycles. The van der Waals surface area contributed by atoms with Crippen molar-refractivity contribution in [2.75, 3.05) is 37.3 Å². The summed E-state index contributed by atoms with van der Waals surface area (Å²) >= 11 is 1.39. The van der Waals surface area contributed by atoms with Gasteiger partial charge >= 0.3 is 0 Å². The Labute approximate surface area is 129 Å². The van der Waals surface area contributed by atoms with Gasteiger partial charge in [0.25, 0.3) is 5.91 Å². The zero-order valence-corrected chi connectivity index (χ0v) is 13.2. The third-order valence-electron chi connectivity index (χ3n) is 4.44. The van der Waals surface area contributed by atoms with Crippen LogP contribution in [0.5, 0.6) is 0 Å². The molecule has 7 heteroatoms. The van der Waals surface area contributed by atoms with Crippen molar-refractivity contribution in [3.05, 3.63) is 4.88 Å². The fourth-order valence-electron chi connectivity index (χ4n) is 2.89. The van der Waals surface area contributed by atoms with Crippen molar-refractivity contribution in [3.8, 4) is 0 Å². The topological polar surface area (TPSA) is 88.5 Å². The number of hydrogen-bond donors (Lipinski definition) is 2. The summed E-state index contributed by atoms with van der Waals surface area (Å²) in [4.78, 5) is 21.3. The average Bonchev–Trinajstić information content (AvgIpc) is 2.99. The number of thiazole rings is 1. The van der Waals surface area contributed by atoms with Crippen molar-refractivity contribution in [1.82, 2.24) is 9.88 Å². The summed E-state index contributed by atoms with van der Waals surface area (Å²) in [5.74, 6) is 0.997. The molecule has 1 atom stereocenters. The fraction of sp³-hybridized carbons (Fsp3) is 0.714. The van der Waals surface area contributed by atoms with Gasteiger partial charge in [0, 0.05) is 32.7 Å². The Kier molecular flexibility index (Phi) is 4.03. The fourth-order valence-corrected chi connectivity index (χ4v) is 3.90. The molecule has 1 aromatic heterocycles. The van der Waals surface area contributed by atoms with Gasteiger partial charge in [-0.15, -0.1) is 0 Å². The van der Waals surface area contributed by atoms with Gasteiger partial charge in [-0.05, 0) is 25.2 Å². The molecule has 1 aromatic rings. The van der Waals surface area contributed by atoms with Gasteiger partial charge in [-0.3, -0.25) is 4.79 Å². The number of hydrogen-bond acceptors (Lipinski definition) is 6. The van der Waals surface area contributed by atoms with Crippen molar-refractivity contribution in [2.45, 2.75) is 31.7 Å². The highest BCUT2D eigenvalue weighted by atomic mass is 32.1. The summed E-state index contributed by atoms with van der Waals surface area (Å²) < 4.78 is 0. The van der Waals surface area contributed by atoms with Crippen molar-refractivity contribution in [2.24, 2.45) is 11.7 Å². The number of aromatic nitrogens is 1. The van der Waals surface area contributed by atoms with Crippen molar-refractivity contribution in [3.63, 3.8) is 0 Å². The zero-order chi connectivity index (χ0) is 15.0. The van der Waals surface area contributed by atoms with Gasteiger partial charge < -0.3 is 21.3 Å². The minimum absolute atomic E-state index is 0.00774. The van der Waals surface area contributed by atoms with Gasteiger partial charge in [-0.1, -0.05) is 17.8 Å². The number of carbonyl (C=O) groups is 1. The van der Waals surface area contributed by atoms with Crippen molar-refractivity contribution < 1.29 is 4.79 Å². The van der Waals surface area contributed by atoms with E-state index in [0.29, 0.717) is 16.6 Å². The molecule has 4 N–H and O–H groups in total. The first-order valence-corrected chi connectivity index (χ1v) is 8.38. The molecule has 0 bridgehead atoms. The molecule has 21 heavy (non-hydrogen) atoms. The Morgan fingerprint density at radius 2 is 2.24 bits per heavy atom. The zero-order valence-electron chi connectivity index (χ0n) is 12.4. The number of amides is 1. The smallest absolute Gasteiger partial charge is 0.267 e. The van der Waals surface area contributed by atoms with E-state index in [0.717, 1.165) is 31.2 Å². The summed E-state index contributed by atoms with van der Waals surface area (Å²) in [5.41, 5.74) is 11.9. The average molecular weight is 309 g/mol. The van der Waals surface area contributed by atoms with Crippen LogP contribution in [0, 0.1) is 5.92 Å². The molecule has 1 unspecified atom stereocenters. The normalized spacial score (nSPS) is 22.4. The van der Waals surface area contributed by atoms with Crippen LogP contribution >= 0.6 is 11.3 Å². The molecular formula is C14H23N5OS. The van der Waals surface area contributed by atoms with Gasteiger partial charge in [0.1, 0.15) is 10.7 Å². The molecule has 1 aliphatic carbocycles. The predicted molar refractivity (Wildman–Crippen MR) is 85.6 cm³/mol. The van der Waals surface area contributed by atoms with E-state index in [1.54, 1.807) is 4.90 Å². The number of nitrogens with two attached hydrogens (primary N) is 2. The summed E-state index contributed by atoms with van der Waals surface area (Å²) in [6.45, 7) is 2.50. The van der Waals surface area contributed by atoms with E-state index in [-0.39, 0.29) is 11.9 Å². The minimum Gasteiger partial charge on any atom is -0.382 e. The first-order valence-electron chi connectivity index (χ1n) is 7.57. The van der Waals surface area contributed by atoms with Crippen molar-refractivity contribution in [1.29, 1.82) is 0 Å². The number of carbonyl (C=O) groups excluding carboxylic acids is 1. The van der Waals surface area contributed by atoms with Gasteiger partial charge in [0.05, 0.1) is 0 Å². The summed E-state index contributed by atoms with van der Waals surface area (Å²) in [6.07, 6.45) is 4.71. The maximum absolute atomic E-state index is 12.5. The first-order chi connectivity index (χ1) is 10.0. The van der Waals surface area contributed by atoms with Gasteiger partial charge in [0.15, 0.2) is 5.13 Å². The Balaban J connectivity index is 1.69. The Morgan fingerprint density at radius 3 is 2.81 bits per heavy atom. The molecule has 2 heterocycles. The monoisotopic (exact) mass is 309 g/mol. The molecule has 1 saturated carbocycles. The molecule has 0 spiro atoms. The second-order valence-corrected chi connectivity index (χ2v) is 7.17. The van der Waals surface area contributed by atoms with Crippen LogP contribution in [-0.2, 0) is 0 Å². The summed E-state index contributed by atoms with van der Waals surface area (Å²) in [6, 6.07) is 0.190. The minimum atomic E-state index is -0.00774. The van der Waals surface area contributed by atoms with Crippen LogP contribution in [0.3, 0.4) is 0 Å². The number of anilines is 2. The molecule has 1 aliphatic heterocycles. The second-order valence-electron chi connectivity index (χ2n) is 6.19. The molecule has 2 aliphatic rings. The Morgan fingerprint density at radius 1 is 1.48 bits per heavy atom. The van der Waals surface area contributed by atoms with Crippen LogP contribution in [0.15, 0.2) is 0 Å². The summed E-state index contributed by atoms with van der Waals surface area (Å²) in [7, 11) is 1.85. The van der Waals surface area contributed by atoms with Gasteiger partial charge in [0.2, 0.25) is 0 Å². The first kappa shape index (κ1) is 14.6. The van der Waals surface area contributed by atoms with E-state index in [1.165, 1.54) is 30.6 Å². The predicted octanol–water partition coefficient (Wildman–Crippen LogP) is 1.13. The Bertz CT molecular complexity index is 527. The van der Waals surface area contributed by atoms with Crippen LogP contribution in [0.4, 0.5) is 10.9 Å². The number of rotatable bonds is 4. The van der Waals surface area contributed by atoms with E-state index >= 15 is 0 Å².